The summed E-state index contributed by atoms with van der Waals surface area (Å²) >= 11 is 0. The lowest BCUT2D eigenvalue weighted by Crippen LogP contribution is -2.15. The summed E-state index contributed by atoms with van der Waals surface area (Å²) in [6.45, 7) is 7.14. The summed E-state index contributed by atoms with van der Waals surface area (Å²) in [6.07, 6.45) is 6.65. The molecule has 2 atom stereocenters. The van der Waals surface area contributed by atoms with E-state index in [-0.39, 0.29) is 6.04 Å². The van der Waals surface area contributed by atoms with Crippen molar-refractivity contribution in [3.8, 4) is 5.88 Å². The highest BCUT2D eigenvalue weighted by atomic mass is 16.5. The van der Waals surface area contributed by atoms with Gasteiger partial charge in [-0.1, -0.05) is 39.2 Å². The predicted octanol–water partition coefficient (Wildman–Crippen LogP) is 3.70. The van der Waals surface area contributed by atoms with Gasteiger partial charge in [0.1, 0.15) is 0 Å². The molecule has 0 bridgehead atoms. The molecule has 1 aromatic rings. The number of rotatable bonds is 8. The first kappa shape index (κ1) is 15.0. The van der Waals surface area contributed by atoms with Crippen molar-refractivity contribution in [2.75, 3.05) is 6.61 Å². The summed E-state index contributed by atoms with van der Waals surface area (Å²) in [6, 6.07) is 3.85. The third kappa shape index (κ3) is 4.65. The van der Waals surface area contributed by atoms with E-state index >= 15 is 0 Å². The predicted molar refractivity (Wildman–Crippen MR) is 75.6 cm³/mol. The molecule has 1 heterocycles. The van der Waals surface area contributed by atoms with Crippen LogP contribution in [0.25, 0.3) is 0 Å². The molecule has 1 rings (SSSR count). The van der Waals surface area contributed by atoms with Gasteiger partial charge in [-0.3, -0.25) is 0 Å². The Morgan fingerprint density at radius 3 is 2.78 bits per heavy atom. The zero-order chi connectivity index (χ0) is 13.4. The van der Waals surface area contributed by atoms with Crippen molar-refractivity contribution < 1.29 is 4.74 Å². The van der Waals surface area contributed by atoms with Crippen LogP contribution in [0.3, 0.4) is 0 Å². The van der Waals surface area contributed by atoms with Crippen LogP contribution in [0.15, 0.2) is 18.3 Å². The monoisotopic (exact) mass is 250 g/mol. The number of pyridine rings is 1. The smallest absolute Gasteiger partial charge is 0.218 e. The Balaban J connectivity index is 2.56. The molecule has 2 unspecified atom stereocenters. The van der Waals surface area contributed by atoms with Gasteiger partial charge in [-0.2, -0.15) is 0 Å². The number of nitrogens with two attached hydrogens (primary N) is 1. The van der Waals surface area contributed by atoms with Crippen LogP contribution in [0, 0.1) is 5.92 Å². The summed E-state index contributed by atoms with van der Waals surface area (Å²) in [4.78, 5) is 4.28. The van der Waals surface area contributed by atoms with E-state index in [4.69, 9.17) is 10.5 Å². The zero-order valence-electron chi connectivity index (χ0n) is 11.9. The van der Waals surface area contributed by atoms with Gasteiger partial charge in [0.15, 0.2) is 0 Å². The third-order valence-corrected chi connectivity index (χ3v) is 3.29. The zero-order valence-corrected chi connectivity index (χ0v) is 11.9. The molecule has 0 aliphatic carbocycles. The molecular formula is C15H26N2O. The van der Waals surface area contributed by atoms with Gasteiger partial charge in [0.05, 0.1) is 6.61 Å². The molecule has 0 amide bonds. The molecule has 0 saturated heterocycles. The first-order chi connectivity index (χ1) is 8.69. The molecule has 0 aliphatic heterocycles. The second-order valence-electron chi connectivity index (χ2n) is 4.91. The van der Waals surface area contributed by atoms with Gasteiger partial charge < -0.3 is 10.5 Å². The molecule has 3 heteroatoms. The lowest BCUT2D eigenvalue weighted by Gasteiger charge is -2.17. The van der Waals surface area contributed by atoms with E-state index in [1.54, 1.807) is 6.20 Å². The van der Waals surface area contributed by atoms with Crippen LogP contribution in [0.1, 0.15) is 58.1 Å². The van der Waals surface area contributed by atoms with Crippen molar-refractivity contribution in [3.63, 3.8) is 0 Å². The minimum atomic E-state index is -0.0376. The number of ether oxygens (including phenoxy) is 1. The van der Waals surface area contributed by atoms with Crippen LogP contribution in [0.2, 0.25) is 0 Å². The quantitative estimate of drug-likeness (QED) is 0.765. The van der Waals surface area contributed by atoms with E-state index in [0.717, 1.165) is 18.6 Å². The Hall–Kier alpha value is -1.09. The third-order valence-electron chi connectivity index (χ3n) is 3.29. The van der Waals surface area contributed by atoms with Gasteiger partial charge >= 0.3 is 0 Å². The normalized spacial score (nSPS) is 14.2. The average Bonchev–Trinajstić information content (AvgIpc) is 2.39. The summed E-state index contributed by atoms with van der Waals surface area (Å²) in [5.74, 6) is 1.32. The second-order valence-corrected chi connectivity index (χ2v) is 4.91. The molecule has 2 N–H and O–H groups in total. The SMILES string of the molecule is CCCCC(CC)COc1ncccc1C(C)N. The molecule has 0 saturated carbocycles. The van der Waals surface area contributed by atoms with Gasteiger partial charge in [-0.05, 0) is 25.3 Å². The number of unbranched alkanes of at least 4 members (excludes halogenated alkanes) is 1. The second kappa shape index (κ2) is 8.09. The van der Waals surface area contributed by atoms with Crippen LogP contribution < -0.4 is 10.5 Å². The lowest BCUT2D eigenvalue weighted by molar-refractivity contribution is 0.223. The number of aromatic nitrogens is 1. The molecule has 0 spiro atoms. The minimum Gasteiger partial charge on any atom is -0.477 e. The summed E-state index contributed by atoms with van der Waals surface area (Å²) < 4.78 is 5.86. The van der Waals surface area contributed by atoms with Gasteiger partial charge in [0.2, 0.25) is 5.88 Å². The van der Waals surface area contributed by atoms with Crippen molar-refractivity contribution in [1.29, 1.82) is 0 Å². The topological polar surface area (TPSA) is 48.1 Å². The van der Waals surface area contributed by atoms with Crippen molar-refractivity contribution in [3.05, 3.63) is 23.9 Å². The van der Waals surface area contributed by atoms with E-state index in [1.807, 2.05) is 19.1 Å². The molecule has 0 aliphatic rings. The Morgan fingerprint density at radius 2 is 2.17 bits per heavy atom. The van der Waals surface area contributed by atoms with Gasteiger partial charge in [0.25, 0.3) is 0 Å². The van der Waals surface area contributed by atoms with E-state index < -0.39 is 0 Å². The number of nitrogens with zero attached hydrogens (tertiary/aromatic N) is 1. The Labute approximate surface area is 111 Å². The van der Waals surface area contributed by atoms with Crippen LogP contribution in [-0.4, -0.2) is 11.6 Å². The van der Waals surface area contributed by atoms with Gasteiger partial charge in [-0.25, -0.2) is 4.98 Å². The highest BCUT2D eigenvalue weighted by molar-refractivity contribution is 5.28. The first-order valence-electron chi connectivity index (χ1n) is 7.02. The van der Waals surface area contributed by atoms with E-state index in [1.165, 1.54) is 19.3 Å². The molecule has 0 aromatic carbocycles. The number of hydrogen-bond donors (Lipinski definition) is 1. The van der Waals surface area contributed by atoms with Crippen molar-refractivity contribution in [1.82, 2.24) is 4.98 Å². The Kier molecular flexibility index (Phi) is 6.73. The van der Waals surface area contributed by atoms with Crippen LogP contribution in [0.5, 0.6) is 5.88 Å². The van der Waals surface area contributed by atoms with Crippen molar-refractivity contribution in [2.24, 2.45) is 11.7 Å². The fourth-order valence-electron chi connectivity index (χ4n) is 1.97. The molecule has 3 nitrogen and oxygen atoms in total. The summed E-state index contributed by atoms with van der Waals surface area (Å²) in [5.41, 5.74) is 6.90. The summed E-state index contributed by atoms with van der Waals surface area (Å²) in [7, 11) is 0. The highest BCUT2D eigenvalue weighted by Gasteiger charge is 2.11. The van der Waals surface area contributed by atoms with Crippen molar-refractivity contribution in [2.45, 2.75) is 52.5 Å². The van der Waals surface area contributed by atoms with E-state index in [2.05, 4.69) is 18.8 Å². The van der Waals surface area contributed by atoms with Gasteiger partial charge in [-0.15, -0.1) is 0 Å². The molecule has 0 fully saturated rings. The lowest BCUT2D eigenvalue weighted by atomic mass is 10.0. The molecule has 1 aromatic heterocycles. The maximum absolute atomic E-state index is 5.91. The maximum atomic E-state index is 5.91. The minimum absolute atomic E-state index is 0.0376. The standard InChI is InChI=1S/C15H26N2O/c1-4-6-8-13(5-2)11-18-15-14(12(3)16)9-7-10-17-15/h7,9-10,12-13H,4-6,8,11,16H2,1-3H3. The van der Waals surface area contributed by atoms with Crippen molar-refractivity contribution >= 4 is 0 Å². The van der Waals surface area contributed by atoms with Crippen LogP contribution in [0.4, 0.5) is 0 Å². The fraction of sp³-hybridized carbons (Fsp3) is 0.667. The van der Waals surface area contributed by atoms with Crippen LogP contribution in [-0.2, 0) is 0 Å². The highest BCUT2D eigenvalue weighted by Crippen LogP contribution is 2.22. The van der Waals surface area contributed by atoms with E-state index in [0.29, 0.717) is 11.8 Å². The van der Waals surface area contributed by atoms with Gasteiger partial charge in [0, 0.05) is 17.8 Å². The molecule has 102 valence electrons. The molecular weight excluding hydrogens is 224 g/mol. The first-order valence-corrected chi connectivity index (χ1v) is 7.02. The summed E-state index contributed by atoms with van der Waals surface area (Å²) in [5, 5.41) is 0. The van der Waals surface area contributed by atoms with Crippen LogP contribution >= 0.6 is 0 Å². The van der Waals surface area contributed by atoms with E-state index in [9.17, 15) is 0 Å². The average molecular weight is 250 g/mol. The Morgan fingerprint density at radius 1 is 1.39 bits per heavy atom. The number of hydrogen-bond acceptors (Lipinski definition) is 3. The molecule has 0 radical (unpaired) electrons. The Bertz CT molecular complexity index is 339. The largest absolute Gasteiger partial charge is 0.477 e. The fourth-order valence-corrected chi connectivity index (χ4v) is 1.97. The maximum Gasteiger partial charge on any atom is 0.218 e. The molecule has 18 heavy (non-hydrogen) atoms.